The van der Waals surface area contributed by atoms with Crippen LogP contribution in [0.4, 0.5) is 0 Å². The standard InChI is InChI=1S/C18H24N2O5/c1-2-24-18(23)14-7-9-15(10-8-14)25-12-17(22)20-19-16(21)11-13-5-3-4-6-13/h7-10,13H,2-6,11-12H2,1H3,(H,19,21)(H,20,22). The normalized spacial score (nSPS) is 14.0. The van der Waals surface area contributed by atoms with E-state index in [1.54, 1.807) is 31.2 Å². The molecule has 7 nitrogen and oxygen atoms in total. The fourth-order valence-electron chi connectivity index (χ4n) is 2.75. The summed E-state index contributed by atoms with van der Waals surface area (Å²) in [5.74, 6) is -0.170. The summed E-state index contributed by atoms with van der Waals surface area (Å²) in [6, 6.07) is 6.29. The van der Waals surface area contributed by atoms with E-state index in [1.165, 1.54) is 12.8 Å². The minimum Gasteiger partial charge on any atom is -0.484 e. The first-order valence-electron chi connectivity index (χ1n) is 8.56. The van der Waals surface area contributed by atoms with Crippen molar-refractivity contribution in [3.63, 3.8) is 0 Å². The van der Waals surface area contributed by atoms with Crippen molar-refractivity contribution >= 4 is 17.8 Å². The molecule has 0 spiro atoms. The maximum atomic E-state index is 11.7. The Morgan fingerprint density at radius 1 is 1.04 bits per heavy atom. The summed E-state index contributed by atoms with van der Waals surface area (Å²) in [6.07, 6.45) is 4.94. The first-order valence-corrected chi connectivity index (χ1v) is 8.56. The molecule has 1 aromatic rings. The summed E-state index contributed by atoms with van der Waals surface area (Å²) in [7, 11) is 0. The van der Waals surface area contributed by atoms with Gasteiger partial charge in [-0.25, -0.2) is 4.79 Å². The smallest absolute Gasteiger partial charge is 0.338 e. The third-order valence-corrected chi connectivity index (χ3v) is 4.03. The van der Waals surface area contributed by atoms with E-state index in [2.05, 4.69) is 10.9 Å². The Hall–Kier alpha value is -2.57. The summed E-state index contributed by atoms with van der Waals surface area (Å²) in [5.41, 5.74) is 5.15. The van der Waals surface area contributed by atoms with E-state index in [1.807, 2.05) is 0 Å². The number of hydrogen-bond acceptors (Lipinski definition) is 5. The second kappa shape index (κ2) is 9.66. The molecule has 2 amide bonds. The van der Waals surface area contributed by atoms with Gasteiger partial charge in [-0.3, -0.25) is 20.4 Å². The van der Waals surface area contributed by atoms with Gasteiger partial charge in [0.1, 0.15) is 5.75 Å². The molecule has 0 aliphatic heterocycles. The largest absolute Gasteiger partial charge is 0.484 e. The van der Waals surface area contributed by atoms with Crippen LogP contribution >= 0.6 is 0 Å². The molecular formula is C18H24N2O5. The highest BCUT2D eigenvalue weighted by atomic mass is 16.5. The molecule has 1 aliphatic carbocycles. The van der Waals surface area contributed by atoms with Crippen LogP contribution in [0.3, 0.4) is 0 Å². The van der Waals surface area contributed by atoms with Gasteiger partial charge < -0.3 is 9.47 Å². The van der Waals surface area contributed by atoms with E-state index in [4.69, 9.17) is 9.47 Å². The predicted molar refractivity (Wildman–Crippen MR) is 90.8 cm³/mol. The van der Waals surface area contributed by atoms with Crippen LogP contribution in [0.2, 0.25) is 0 Å². The molecule has 0 heterocycles. The third-order valence-electron chi connectivity index (χ3n) is 4.03. The Morgan fingerprint density at radius 3 is 2.32 bits per heavy atom. The molecule has 2 N–H and O–H groups in total. The summed E-state index contributed by atoms with van der Waals surface area (Å²) in [4.78, 5) is 34.9. The number of hydrogen-bond donors (Lipinski definition) is 2. The van der Waals surface area contributed by atoms with Crippen LogP contribution in [0.15, 0.2) is 24.3 Å². The Morgan fingerprint density at radius 2 is 1.68 bits per heavy atom. The summed E-state index contributed by atoms with van der Waals surface area (Å²) in [5, 5.41) is 0. The zero-order chi connectivity index (χ0) is 18.1. The molecule has 1 aliphatic rings. The van der Waals surface area contributed by atoms with Gasteiger partial charge in [-0.2, -0.15) is 0 Å². The number of esters is 1. The Balaban J connectivity index is 1.67. The number of nitrogens with one attached hydrogen (secondary N) is 2. The van der Waals surface area contributed by atoms with Crippen molar-refractivity contribution in [2.24, 2.45) is 5.92 Å². The molecule has 0 unspecified atom stereocenters. The van der Waals surface area contributed by atoms with Gasteiger partial charge in [0.25, 0.3) is 5.91 Å². The fraction of sp³-hybridized carbons (Fsp3) is 0.500. The van der Waals surface area contributed by atoms with Crippen molar-refractivity contribution in [2.45, 2.75) is 39.0 Å². The molecule has 0 saturated heterocycles. The van der Waals surface area contributed by atoms with E-state index in [0.29, 0.717) is 30.3 Å². The average Bonchev–Trinajstić information content (AvgIpc) is 3.11. The zero-order valence-corrected chi connectivity index (χ0v) is 14.4. The van der Waals surface area contributed by atoms with Crippen molar-refractivity contribution in [1.82, 2.24) is 10.9 Å². The van der Waals surface area contributed by atoms with Gasteiger partial charge in [0.15, 0.2) is 6.61 Å². The number of benzene rings is 1. The maximum absolute atomic E-state index is 11.7. The van der Waals surface area contributed by atoms with Gasteiger partial charge in [0, 0.05) is 6.42 Å². The van der Waals surface area contributed by atoms with Crippen molar-refractivity contribution in [1.29, 1.82) is 0 Å². The number of hydrazine groups is 1. The van der Waals surface area contributed by atoms with Crippen LogP contribution < -0.4 is 15.6 Å². The molecule has 7 heteroatoms. The molecule has 0 bridgehead atoms. The molecular weight excluding hydrogens is 324 g/mol. The van der Waals surface area contributed by atoms with Crippen molar-refractivity contribution < 1.29 is 23.9 Å². The second-order valence-electron chi connectivity index (χ2n) is 5.98. The van der Waals surface area contributed by atoms with Crippen molar-refractivity contribution in [3.8, 4) is 5.75 Å². The van der Waals surface area contributed by atoms with Gasteiger partial charge in [-0.1, -0.05) is 12.8 Å². The fourth-order valence-corrected chi connectivity index (χ4v) is 2.75. The number of rotatable bonds is 7. The summed E-state index contributed by atoms with van der Waals surface area (Å²) >= 11 is 0. The van der Waals surface area contributed by atoms with Crippen LogP contribution in [0.5, 0.6) is 5.75 Å². The minimum absolute atomic E-state index is 0.181. The Kier molecular flexibility index (Phi) is 7.25. The minimum atomic E-state index is -0.450. The lowest BCUT2D eigenvalue weighted by molar-refractivity contribution is -0.130. The zero-order valence-electron chi connectivity index (χ0n) is 14.4. The molecule has 0 aromatic heterocycles. The van der Waals surface area contributed by atoms with Gasteiger partial charge in [-0.15, -0.1) is 0 Å². The first-order chi connectivity index (χ1) is 12.1. The first kappa shape index (κ1) is 18.8. The summed E-state index contributed by atoms with van der Waals surface area (Å²) in [6.45, 7) is 1.81. The highest BCUT2D eigenvalue weighted by molar-refractivity contribution is 5.89. The molecule has 1 saturated carbocycles. The Labute approximate surface area is 147 Å². The van der Waals surface area contributed by atoms with Gasteiger partial charge >= 0.3 is 5.97 Å². The molecule has 1 fully saturated rings. The topological polar surface area (TPSA) is 93.7 Å². The van der Waals surface area contributed by atoms with Crippen LogP contribution in [0.25, 0.3) is 0 Å². The number of ether oxygens (including phenoxy) is 2. The lowest BCUT2D eigenvalue weighted by atomic mass is 10.0. The predicted octanol–water partition coefficient (Wildman–Crippen LogP) is 1.97. The number of amides is 2. The number of carbonyl (C=O) groups is 3. The molecule has 136 valence electrons. The van der Waals surface area contributed by atoms with E-state index in [-0.39, 0.29) is 12.5 Å². The van der Waals surface area contributed by atoms with E-state index < -0.39 is 11.9 Å². The van der Waals surface area contributed by atoms with E-state index in [0.717, 1.165) is 12.8 Å². The van der Waals surface area contributed by atoms with Crippen LogP contribution in [-0.4, -0.2) is 31.0 Å². The monoisotopic (exact) mass is 348 g/mol. The number of carbonyl (C=O) groups excluding carboxylic acids is 3. The molecule has 25 heavy (non-hydrogen) atoms. The molecule has 0 atom stereocenters. The summed E-state index contributed by atoms with van der Waals surface area (Å²) < 4.78 is 10.2. The van der Waals surface area contributed by atoms with Crippen molar-refractivity contribution in [3.05, 3.63) is 29.8 Å². The maximum Gasteiger partial charge on any atom is 0.338 e. The average molecular weight is 348 g/mol. The van der Waals surface area contributed by atoms with Crippen LogP contribution in [-0.2, 0) is 14.3 Å². The third kappa shape index (κ3) is 6.45. The van der Waals surface area contributed by atoms with Crippen LogP contribution in [0.1, 0.15) is 49.4 Å². The van der Waals surface area contributed by atoms with Gasteiger partial charge in [0.05, 0.1) is 12.2 Å². The van der Waals surface area contributed by atoms with Crippen molar-refractivity contribution in [2.75, 3.05) is 13.2 Å². The van der Waals surface area contributed by atoms with E-state index in [9.17, 15) is 14.4 Å². The Bertz CT molecular complexity index is 594. The molecule has 1 aromatic carbocycles. The lowest BCUT2D eigenvalue weighted by Crippen LogP contribution is -2.44. The lowest BCUT2D eigenvalue weighted by Gasteiger charge is -2.11. The molecule has 2 rings (SSSR count). The SMILES string of the molecule is CCOC(=O)c1ccc(OCC(=O)NNC(=O)CC2CCCC2)cc1. The van der Waals surface area contributed by atoms with Gasteiger partial charge in [0.2, 0.25) is 5.91 Å². The van der Waals surface area contributed by atoms with Crippen LogP contribution in [0, 0.1) is 5.92 Å². The highest BCUT2D eigenvalue weighted by Crippen LogP contribution is 2.27. The quantitative estimate of drug-likeness (QED) is 0.580. The highest BCUT2D eigenvalue weighted by Gasteiger charge is 2.18. The second-order valence-corrected chi connectivity index (χ2v) is 5.98. The van der Waals surface area contributed by atoms with E-state index >= 15 is 0 Å². The van der Waals surface area contributed by atoms with Gasteiger partial charge in [-0.05, 0) is 49.9 Å². The molecule has 0 radical (unpaired) electrons.